The molecule has 9 rings (SSSR count). The molecule has 3 aromatic rings. The summed E-state index contributed by atoms with van der Waals surface area (Å²) in [6.45, 7) is 7.32. The van der Waals surface area contributed by atoms with Crippen molar-refractivity contribution in [2.45, 2.75) is 133 Å². The fraction of sp³-hybridized carbons (Fsp3) is 0.543. The number of carbonyl (C=O) groups excluding carboxylic acids is 4. The maximum absolute atomic E-state index is 13.7. The smallest absolute Gasteiger partial charge is 0.271 e. The standard InChI is InChI=1S/C46H53ClN8O6/c1-27(2)54(31-19-35(20-31)61-33-9-10-37-36(21-33)45(59)55(46(37)15-16-46)40-11-12-42(56)52-44(40)58)26-28-13-17-53(18-14-28)41-25-49-39(24-50-41)43(57)51-30-4-7-32(8-5-30)60-34-6-3-29(23-48)38(47)22-34/h3,6,9-10,21-22,24-25,27-28,30-32,35,40H,4-5,7-8,11-20,26H2,1-2H3,(H,51,57)(H,52,56,58). The molecule has 61 heavy (non-hydrogen) atoms. The summed E-state index contributed by atoms with van der Waals surface area (Å²) in [5.41, 5.74) is 1.87. The van der Waals surface area contributed by atoms with Crippen molar-refractivity contribution >= 4 is 41.0 Å². The summed E-state index contributed by atoms with van der Waals surface area (Å²) in [6.07, 6.45) is 12.8. The lowest BCUT2D eigenvalue weighted by Crippen LogP contribution is -2.55. The monoisotopic (exact) mass is 848 g/mol. The fourth-order valence-electron chi connectivity index (χ4n) is 10.2. The number of hydrogen-bond acceptors (Lipinski definition) is 11. The molecule has 2 N–H and O–H groups in total. The van der Waals surface area contributed by atoms with Gasteiger partial charge in [0, 0.05) is 68.7 Å². The van der Waals surface area contributed by atoms with Crippen molar-refractivity contribution in [3.63, 3.8) is 0 Å². The van der Waals surface area contributed by atoms with Gasteiger partial charge in [0.2, 0.25) is 11.8 Å². The number of aromatic nitrogens is 2. The molecule has 320 valence electrons. The first-order chi connectivity index (χ1) is 29.5. The van der Waals surface area contributed by atoms with E-state index in [1.54, 1.807) is 35.5 Å². The van der Waals surface area contributed by atoms with Crippen LogP contribution in [0.1, 0.15) is 123 Å². The Balaban J connectivity index is 0.710. The van der Waals surface area contributed by atoms with Crippen molar-refractivity contribution in [3.05, 3.63) is 76.2 Å². The van der Waals surface area contributed by atoms with Crippen LogP contribution in [0.4, 0.5) is 5.82 Å². The van der Waals surface area contributed by atoms with Crippen LogP contribution in [0.3, 0.4) is 0 Å². The molecule has 1 spiro atoms. The molecule has 5 fully saturated rings. The van der Waals surface area contributed by atoms with Crippen molar-refractivity contribution < 1.29 is 28.7 Å². The van der Waals surface area contributed by atoms with Gasteiger partial charge in [-0.2, -0.15) is 5.26 Å². The number of carbonyl (C=O) groups is 4. The van der Waals surface area contributed by atoms with E-state index >= 15 is 0 Å². The molecule has 15 heteroatoms. The maximum atomic E-state index is 13.7. The molecule has 2 saturated heterocycles. The summed E-state index contributed by atoms with van der Waals surface area (Å²) in [5.74, 6) is 1.66. The molecule has 4 heterocycles. The number of nitrogens with one attached hydrogen (secondary N) is 2. The number of rotatable bonds is 12. The summed E-state index contributed by atoms with van der Waals surface area (Å²) >= 11 is 6.16. The summed E-state index contributed by atoms with van der Waals surface area (Å²) < 4.78 is 12.5. The van der Waals surface area contributed by atoms with E-state index in [0.29, 0.717) is 57.8 Å². The molecule has 0 radical (unpaired) electrons. The molecule has 1 unspecified atom stereocenters. The van der Waals surface area contributed by atoms with Gasteiger partial charge in [-0.1, -0.05) is 17.7 Å². The number of ether oxygens (including phenoxy) is 2. The highest BCUT2D eigenvalue weighted by molar-refractivity contribution is 6.31. The number of nitriles is 1. The summed E-state index contributed by atoms with van der Waals surface area (Å²) in [6, 6.07) is 13.2. The van der Waals surface area contributed by atoms with Gasteiger partial charge in [-0.25, -0.2) is 9.97 Å². The Hall–Kier alpha value is -5.26. The van der Waals surface area contributed by atoms with Gasteiger partial charge in [0.05, 0.1) is 34.6 Å². The van der Waals surface area contributed by atoms with Gasteiger partial charge in [0.1, 0.15) is 41.2 Å². The van der Waals surface area contributed by atoms with Crippen LogP contribution < -0.4 is 25.0 Å². The fourth-order valence-corrected chi connectivity index (χ4v) is 10.4. The zero-order chi connectivity index (χ0) is 42.4. The van der Waals surface area contributed by atoms with E-state index in [2.05, 4.69) is 50.3 Å². The van der Waals surface area contributed by atoms with Crippen LogP contribution in [0.25, 0.3) is 0 Å². The lowest BCUT2D eigenvalue weighted by atomic mass is 9.85. The Kier molecular flexibility index (Phi) is 11.4. The van der Waals surface area contributed by atoms with E-state index < -0.39 is 11.6 Å². The highest BCUT2D eigenvalue weighted by Crippen LogP contribution is 2.58. The second kappa shape index (κ2) is 16.9. The predicted molar refractivity (Wildman–Crippen MR) is 226 cm³/mol. The van der Waals surface area contributed by atoms with Crippen LogP contribution in [-0.2, 0) is 15.1 Å². The van der Waals surface area contributed by atoms with E-state index in [1.807, 2.05) is 18.2 Å². The second-order valence-electron chi connectivity index (χ2n) is 18.0. The van der Waals surface area contributed by atoms with Gasteiger partial charge in [0.15, 0.2) is 0 Å². The minimum Gasteiger partial charge on any atom is -0.490 e. The van der Waals surface area contributed by atoms with Gasteiger partial charge >= 0.3 is 0 Å². The highest BCUT2D eigenvalue weighted by atomic mass is 35.5. The molecule has 3 aliphatic heterocycles. The number of hydrogen-bond donors (Lipinski definition) is 2. The van der Waals surface area contributed by atoms with Crippen LogP contribution in [0.2, 0.25) is 5.02 Å². The van der Waals surface area contributed by atoms with Gasteiger partial charge in [-0.05, 0) is 107 Å². The van der Waals surface area contributed by atoms with E-state index in [0.717, 1.165) is 95.2 Å². The average Bonchev–Trinajstić information content (AvgIpc) is 4.00. The third-order valence-corrected chi connectivity index (χ3v) is 14.1. The predicted octanol–water partition coefficient (Wildman–Crippen LogP) is 5.91. The SMILES string of the molecule is CC(C)N(CC1CCN(c2cnc(C(=O)NC3CCC(Oc4ccc(C#N)c(Cl)c4)CC3)cn2)CC1)C1CC(Oc2ccc3c(c2)C(=O)N(C2CCC(=O)NC2=O)C32CC2)C1. The summed E-state index contributed by atoms with van der Waals surface area (Å²) in [5, 5.41) is 15.0. The van der Waals surface area contributed by atoms with Gasteiger partial charge in [0.25, 0.3) is 11.8 Å². The number of imide groups is 1. The van der Waals surface area contributed by atoms with Crippen LogP contribution in [0.15, 0.2) is 48.8 Å². The summed E-state index contributed by atoms with van der Waals surface area (Å²) in [4.78, 5) is 67.1. The number of amides is 4. The first kappa shape index (κ1) is 41.1. The molecule has 2 aromatic carbocycles. The molecular formula is C46H53ClN8O6. The van der Waals surface area contributed by atoms with Gasteiger partial charge < -0.3 is 24.6 Å². The van der Waals surface area contributed by atoms with E-state index in [4.69, 9.17) is 26.3 Å². The average molecular weight is 849 g/mol. The van der Waals surface area contributed by atoms with Crippen LogP contribution in [0, 0.1) is 17.2 Å². The van der Waals surface area contributed by atoms with E-state index in [1.165, 1.54) is 0 Å². The van der Waals surface area contributed by atoms with Crippen LogP contribution in [-0.4, -0.2) is 99.4 Å². The van der Waals surface area contributed by atoms with Crippen molar-refractivity contribution in [3.8, 4) is 17.6 Å². The number of nitrogens with zero attached hydrogens (tertiary/aromatic N) is 6. The Bertz CT molecular complexity index is 2220. The molecule has 4 amide bonds. The third kappa shape index (κ3) is 8.39. The maximum Gasteiger partial charge on any atom is 0.271 e. The van der Waals surface area contributed by atoms with Gasteiger partial charge in [-0.3, -0.25) is 29.4 Å². The Morgan fingerprint density at radius 1 is 0.967 bits per heavy atom. The van der Waals surface area contributed by atoms with Crippen LogP contribution in [0.5, 0.6) is 11.5 Å². The van der Waals surface area contributed by atoms with Crippen molar-refractivity contribution in [1.29, 1.82) is 5.26 Å². The molecule has 0 bridgehead atoms. The third-order valence-electron chi connectivity index (χ3n) is 13.8. The number of halogens is 1. The molecule has 3 saturated carbocycles. The summed E-state index contributed by atoms with van der Waals surface area (Å²) in [7, 11) is 0. The number of anilines is 1. The molecule has 3 aliphatic carbocycles. The number of piperidine rings is 2. The molecule has 6 aliphatic rings. The van der Waals surface area contributed by atoms with Crippen LogP contribution >= 0.6 is 11.6 Å². The van der Waals surface area contributed by atoms with Crippen molar-refractivity contribution in [2.24, 2.45) is 5.92 Å². The second-order valence-corrected chi connectivity index (χ2v) is 18.5. The van der Waals surface area contributed by atoms with Crippen molar-refractivity contribution in [2.75, 3.05) is 24.5 Å². The number of fused-ring (bicyclic) bond motifs is 2. The molecule has 1 atom stereocenters. The minimum absolute atomic E-state index is 0.0237. The lowest BCUT2D eigenvalue weighted by molar-refractivity contribution is -0.137. The zero-order valence-electron chi connectivity index (χ0n) is 34.8. The number of benzene rings is 2. The Morgan fingerprint density at radius 2 is 1.69 bits per heavy atom. The molecule has 14 nitrogen and oxygen atoms in total. The van der Waals surface area contributed by atoms with Crippen molar-refractivity contribution in [1.82, 2.24) is 30.4 Å². The lowest BCUT2D eigenvalue weighted by Gasteiger charge is -2.46. The van der Waals surface area contributed by atoms with E-state index in [9.17, 15) is 19.2 Å². The Labute approximate surface area is 361 Å². The quantitative estimate of drug-likeness (QED) is 0.208. The largest absolute Gasteiger partial charge is 0.490 e. The van der Waals surface area contributed by atoms with E-state index in [-0.39, 0.29) is 48.3 Å². The highest BCUT2D eigenvalue weighted by Gasteiger charge is 2.61. The molecular weight excluding hydrogens is 796 g/mol. The zero-order valence-corrected chi connectivity index (χ0v) is 35.5. The normalized spacial score (nSPS) is 25.8. The first-order valence-corrected chi connectivity index (χ1v) is 22.3. The topological polar surface area (TPSA) is 170 Å². The minimum atomic E-state index is -0.624. The first-order valence-electron chi connectivity index (χ1n) is 22.0. The Morgan fingerprint density at radius 3 is 2.34 bits per heavy atom. The van der Waals surface area contributed by atoms with Gasteiger partial charge in [-0.15, -0.1) is 0 Å². The molecule has 1 aromatic heterocycles.